The van der Waals surface area contributed by atoms with Crippen LogP contribution in [0.2, 0.25) is 0 Å². The lowest BCUT2D eigenvalue weighted by molar-refractivity contribution is -0.120. The summed E-state index contributed by atoms with van der Waals surface area (Å²) in [6.45, 7) is 1.98. The summed E-state index contributed by atoms with van der Waals surface area (Å²) >= 11 is 1.54. The van der Waals surface area contributed by atoms with E-state index in [0.717, 1.165) is 4.88 Å². The number of aliphatic hydroxyl groups is 1. The lowest BCUT2D eigenvalue weighted by atomic mass is 10.2. The molecular weight excluding hydrogens is 252 g/mol. The first-order chi connectivity index (χ1) is 8.70. The number of rotatable bonds is 5. The van der Waals surface area contributed by atoms with Crippen LogP contribution in [0.15, 0.2) is 21.9 Å². The molecule has 5 nitrogen and oxygen atoms in total. The quantitative estimate of drug-likeness (QED) is 0.857. The number of oxazole rings is 1. The Bertz CT molecular complexity index is 519. The van der Waals surface area contributed by atoms with Crippen LogP contribution in [0.4, 0.5) is 0 Å². The third-order valence-electron chi connectivity index (χ3n) is 2.39. The van der Waals surface area contributed by atoms with Crippen LogP contribution in [0.3, 0.4) is 0 Å². The van der Waals surface area contributed by atoms with Gasteiger partial charge in [-0.1, -0.05) is 6.07 Å². The van der Waals surface area contributed by atoms with Crippen LogP contribution < -0.4 is 5.32 Å². The minimum absolute atomic E-state index is 0.0655. The summed E-state index contributed by atoms with van der Waals surface area (Å²) in [4.78, 5) is 16.8. The molecule has 0 fully saturated rings. The SMILES string of the molecule is Cc1oc(-c2cccs2)nc1CC(=O)NCCO. The summed E-state index contributed by atoms with van der Waals surface area (Å²) in [6.07, 6.45) is 0.167. The predicted octanol–water partition coefficient (Wildman–Crippen LogP) is 1.36. The molecule has 2 aromatic rings. The van der Waals surface area contributed by atoms with Gasteiger partial charge in [0.1, 0.15) is 5.76 Å². The second-order valence-corrected chi connectivity index (χ2v) is 4.70. The molecule has 2 rings (SSSR count). The Morgan fingerprint density at radius 3 is 3.11 bits per heavy atom. The average molecular weight is 266 g/mol. The van der Waals surface area contributed by atoms with Crippen LogP contribution in [-0.4, -0.2) is 29.1 Å². The third kappa shape index (κ3) is 2.96. The lowest BCUT2D eigenvalue weighted by Crippen LogP contribution is -2.28. The van der Waals surface area contributed by atoms with Crippen molar-refractivity contribution in [3.63, 3.8) is 0 Å². The standard InChI is InChI=1S/C12H14N2O3S/c1-8-9(7-11(16)13-4-5-15)14-12(17-8)10-3-2-6-18-10/h2-3,6,15H,4-5,7H2,1H3,(H,13,16). The molecule has 18 heavy (non-hydrogen) atoms. The highest BCUT2D eigenvalue weighted by molar-refractivity contribution is 7.13. The fraction of sp³-hybridized carbons (Fsp3) is 0.333. The van der Waals surface area contributed by atoms with Gasteiger partial charge < -0.3 is 14.8 Å². The van der Waals surface area contributed by atoms with Crippen molar-refractivity contribution in [2.24, 2.45) is 0 Å². The van der Waals surface area contributed by atoms with E-state index in [2.05, 4.69) is 10.3 Å². The van der Waals surface area contributed by atoms with Crippen LogP contribution in [0.5, 0.6) is 0 Å². The molecule has 0 radical (unpaired) electrons. The molecule has 2 aromatic heterocycles. The van der Waals surface area contributed by atoms with Crippen LogP contribution >= 0.6 is 11.3 Å². The van der Waals surface area contributed by atoms with E-state index in [0.29, 0.717) is 17.3 Å². The van der Waals surface area contributed by atoms with Gasteiger partial charge >= 0.3 is 0 Å². The Morgan fingerprint density at radius 2 is 2.44 bits per heavy atom. The molecule has 0 saturated carbocycles. The number of carbonyl (C=O) groups excluding carboxylic acids is 1. The van der Waals surface area contributed by atoms with Crippen molar-refractivity contribution < 1.29 is 14.3 Å². The molecule has 0 bridgehead atoms. The summed E-state index contributed by atoms with van der Waals surface area (Å²) in [7, 11) is 0. The first-order valence-electron chi connectivity index (χ1n) is 5.58. The van der Waals surface area contributed by atoms with Gasteiger partial charge in [0.2, 0.25) is 11.8 Å². The van der Waals surface area contributed by atoms with Crippen molar-refractivity contribution >= 4 is 17.2 Å². The molecule has 0 aliphatic heterocycles. The van der Waals surface area contributed by atoms with Crippen LogP contribution in [0.25, 0.3) is 10.8 Å². The number of hydrogen-bond acceptors (Lipinski definition) is 5. The molecule has 6 heteroatoms. The molecule has 0 spiro atoms. The Kier molecular flexibility index (Phi) is 4.11. The topological polar surface area (TPSA) is 75.4 Å². The van der Waals surface area contributed by atoms with E-state index in [1.807, 2.05) is 17.5 Å². The Morgan fingerprint density at radius 1 is 1.61 bits per heavy atom. The highest BCUT2D eigenvalue weighted by Gasteiger charge is 2.14. The minimum atomic E-state index is -0.168. The number of carbonyl (C=O) groups is 1. The first-order valence-corrected chi connectivity index (χ1v) is 6.46. The van der Waals surface area contributed by atoms with E-state index in [9.17, 15) is 4.79 Å². The van der Waals surface area contributed by atoms with Gasteiger partial charge in [0.15, 0.2) is 0 Å². The summed E-state index contributed by atoms with van der Waals surface area (Å²) in [5, 5.41) is 13.1. The number of aromatic nitrogens is 1. The number of aliphatic hydroxyl groups excluding tert-OH is 1. The number of nitrogens with zero attached hydrogens (tertiary/aromatic N) is 1. The zero-order chi connectivity index (χ0) is 13.0. The summed E-state index contributed by atoms with van der Waals surface area (Å²) in [5.41, 5.74) is 0.633. The van der Waals surface area contributed by atoms with Crippen LogP contribution in [-0.2, 0) is 11.2 Å². The second-order valence-electron chi connectivity index (χ2n) is 3.75. The molecular formula is C12H14N2O3S. The van der Waals surface area contributed by atoms with Gasteiger partial charge in [0, 0.05) is 6.54 Å². The molecule has 1 amide bonds. The molecule has 0 atom stereocenters. The molecule has 0 aromatic carbocycles. The monoisotopic (exact) mass is 266 g/mol. The number of aryl methyl sites for hydroxylation is 1. The van der Waals surface area contributed by atoms with Gasteiger partial charge in [0.25, 0.3) is 0 Å². The van der Waals surface area contributed by atoms with Crippen molar-refractivity contribution in [3.8, 4) is 10.8 Å². The maximum atomic E-state index is 11.5. The van der Waals surface area contributed by atoms with E-state index in [1.54, 1.807) is 18.3 Å². The van der Waals surface area contributed by atoms with E-state index in [1.165, 1.54) is 0 Å². The molecule has 0 aliphatic carbocycles. The molecule has 0 unspecified atom stereocenters. The fourth-order valence-corrected chi connectivity index (χ4v) is 2.16. The zero-order valence-electron chi connectivity index (χ0n) is 9.97. The van der Waals surface area contributed by atoms with Gasteiger partial charge in [0.05, 0.1) is 23.6 Å². The largest absolute Gasteiger partial charge is 0.440 e. The second kappa shape index (κ2) is 5.79. The summed E-state index contributed by atoms with van der Waals surface area (Å²) in [5.74, 6) is 1.03. The maximum absolute atomic E-state index is 11.5. The van der Waals surface area contributed by atoms with Crippen molar-refractivity contribution in [2.75, 3.05) is 13.2 Å². The van der Waals surface area contributed by atoms with Gasteiger partial charge in [-0.3, -0.25) is 4.79 Å². The maximum Gasteiger partial charge on any atom is 0.236 e. The minimum Gasteiger partial charge on any atom is -0.440 e. The summed E-state index contributed by atoms with van der Waals surface area (Å²) in [6, 6.07) is 3.85. The number of nitrogens with one attached hydrogen (secondary N) is 1. The predicted molar refractivity (Wildman–Crippen MR) is 68.4 cm³/mol. The number of hydrogen-bond donors (Lipinski definition) is 2. The van der Waals surface area contributed by atoms with E-state index in [-0.39, 0.29) is 25.5 Å². The van der Waals surface area contributed by atoms with E-state index in [4.69, 9.17) is 9.52 Å². The van der Waals surface area contributed by atoms with Crippen LogP contribution in [0, 0.1) is 6.92 Å². The van der Waals surface area contributed by atoms with Crippen molar-refractivity contribution in [1.82, 2.24) is 10.3 Å². The highest BCUT2D eigenvalue weighted by Crippen LogP contribution is 2.25. The molecule has 96 valence electrons. The van der Waals surface area contributed by atoms with E-state index < -0.39 is 0 Å². The Balaban J connectivity index is 2.08. The molecule has 2 heterocycles. The third-order valence-corrected chi connectivity index (χ3v) is 3.24. The van der Waals surface area contributed by atoms with Crippen LogP contribution in [0.1, 0.15) is 11.5 Å². The van der Waals surface area contributed by atoms with Gasteiger partial charge in [-0.05, 0) is 18.4 Å². The number of thiophene rings is 1. The zero-order valence-corrected chi connectivity index (χ0v) is 10.8. The van der Waals surface area contributed by atoms with Gasteiger partial charge in [-0.2, -0.15) is 0 Å². The molecule has 0 saturated heterocycles. The Hall–Kier alpha value is -1.66. The normalized spacial score (nSPS) is 10.6. The van der Waals surface area contributed by atoms with Crippen molar-refractivity contribution in [3.05, 3.63) is 29.0 Å². The van der Waals surface area contributed by atoms with Crippen molar-refractivity contribution in [1.29, 1.82) is 0 Å². The van der Waals surface area contributed by atoms with Gasteiger partial charge in [-0.25, -0.2) is 4.98 Å². The van der Waals surface area contributed by atoms with Gasteiger partial charge in [-0.15, -0.1) is 11.3 Å². The lowest BCUT2D eigenvalue weighted by Gasteiger charge is -2.00. The Labute approximate surface area is 108 Å². The molecule has 0 aliphatic rings. The smallest absolute Gasteiger partial charge is 0.236 e. The number of amides is 1. The fourth-order valence-electron chi connectivity index (χ4n) is 1.51. The molecule has 2 N–H and O–H groups in total. The summed E-state index contributed by atoms with van der Waals surface area (Å²) < 4.78 is 5.53. The first kappa shape index (κ1) is 12.8. The van der Waals surface area contributed by atoms with Crippen molar-refractivity contribution in [2.45, 2.75) is 13.3 Å². The van der Waals surface area contributed by atoms with E-state index >= 15 is 0 Å². The average Bonchev–Trinajstić information content (AvgIpc) is 2.97. The highest BCUT2D eigenvalue weighted by atomic mass is 32.1.